The van der Waals surface area contributed by atoms with E-state index in [2.05, 4.69) is 20.1 Å². The van der Waals surface area contributed by atoms with Crippen LogP contribution in [0.3, 0.4) is 0 Å². The highest BCUT2D eigenvalue weighted by Crippen LogP contribution is 2.16. The molecule has 2 aromatic rings. The van der Waals surface area contributed by atoms with Gasteiger partial charge >= 0.3 is 0 Å². The molecule has 0 unspecified atom stereocenters. The molecule has 2 N–H and O–H groups in total. The quantitative estimate of drug-likeness (QED) is 0.359. The largest absolute Gasteiger partial charge is 0.357 e. The number of guanidine groups is 1. The fourth-order valence-corrected chi connectivity index (χ4v) is 4.99. The van der Waals surface area contributed by atoms with Crippen LogP contribution in [0.25, 0.3) is 0 Å². The molecule has 1 saturated heterocycles. The number of sulfonamides is 1. The first kappa shape index (κ1) is 21.3. The third-order valence-electron chi connectivity index (χ3n) is 4.28. The third kappa shape index (κ3) is 5.34. The molecule has 1 aliphatic heterocycles. The number of nitrogens with one attached hydrogen (secondary N) is 2. The number of thiophene rings is 1. The number of carbonyl (C=O) groups excluding carboxylic acids is 1. The van der Waals surface area contributed by atoms with Crippen LogP contribution < -0.4 is 14.9 Å². The molecule has 1 aliphatic rings. The van der Waals surface area contributed by atoms with Crippen LogP contribution in [-0.2, 0) is 21.9 Å². The molecule has 10 nitrogen and oxygen atoms in total. The zero-order valence-corrected chi connectivity index (χ0v) is 18.0. The van der Waals surface area contributed by atoms with Crippen molar-refractivity contribution in [2.24, 2.45) is 12.0 Å². The van der Waals surface area contributed by atoms with E-state index in [9.17, 15) is 13.2 Å². The van der Waals surface area contributed by atoms with Gasteiger partial charge in [-0.25, -0.2) is 13.1 Å². The second-order valence-corrected chi connectivity index (χ2v) is 9.35. The second-order valence-electron chi connectivity index (χ2n) is 6.40. The molecule has 0 aliphatic carbocycles. The summed E-state index contributed by atoms with van der Waals surface area (Å²) in [5, 5.41) is 9.01. The Morgan fingerprint density at radius 2 is 2.21 bits per heavy atom. The highest BCUT2D eigenvalue weighted by molar-refractivity contribution is 7.91. The van der Waals surface area contributed by atoms with E-state index in [0.717, 1.165) is 5.69 Å². The minimum atomic E-state index is -3.50. The van der Waals surface area contributed by atoms with Crippen LogP contribution in [0.15, 0.2) is 39.1 Å². The van der Waals surface area contributed by atoms with Crippen molar-refractivity contribution in [1.82, 2.24) is 24.7 Å². The molecule has 2 aromatic heterocycles. The Morgan fingerprint density at radius 1 is 1.38 bits per heavy atom. The lowest BCUT2D eigenvalue weighted by Gasteiger charge is -2.35. The maximum atomic E-state index is 12.6. The fraction of sp³-hybridized carbons (Fsp3) is 0.471. The van der Waals surface area contributed by atoms with Gasteiger partial charge in [-0.05, 0) is 18.4 Å². The van der Waals surface area contributed by atoms with Crippen LogP contribution in [0.2, 0.25) is 0 Å². The van der Waals surface area contributed by atoms with E-state index >= 15 is 0 Å². The van der Waals surface area contributed by atoms with Gasteiger partial charge in [-0.2, -0.15) is 5.10 Å². The number of piperazine rings is 1. The first-order valence-corrected chi connectivity index (χ1v) is 11.6. The average molecular weight is 440 g/mol. The molecule has 29 heavy (non-hydrogen) atoms. The van der Waals surface area contributed by atoms with Gasteiger partial charge in [-0.15, -0.1) is 11.3 Å². The lowest BCUT2D eigenvalue weighted by atomic mass is 10.3. The van der Waals surface area contributed by atoms with E-state index in [-0.39, 0.29) is 29.8 Å². The topological polar surface area (TPSA) is 112 Å². The SMILES string of the molecule is CCNC(=NCCNS(=O)(=O)c1cccs1)N1CCN(c2cnn(C)c2)C(=O)C1. The molecule has 3 heterocycles. The first-order valence-electron chi connectivity index (χ1n) is 9.26. The summed E-state index contributed by atoms with van der Waals surface area (Å²) in [5.74, 6) is 0.565. The number of hydrogen-bond donors (Lipinski definition) is 2. The minimum absolute atomic E-state index is 0.0340. The van der Waals surface area contributed by atoms with Gasteiger partial charge in [0.15, 0.2) is 5.96 Å². The number of aryl methyl sites for hydroxylation is 1. The number of hydrogen-bond acceptors (Lipinski definition) is 6. The van der Waals surface area contributed by atoms with Crippen molar-refractivity contribution in [1.29, 1.82) is 0 Å². The molecule has 1 fully saturated rings. The van der Waals surface area contributed by atoms with Crippen LogP contribution in [0.5, 0.6) is 0 Å². The Labute approximate surface area is 174 Å². The van der Waals surface area contributed by atoms with Crippen molar-refractivity contribution < 1.29 is 13.2 Å². The third-order valence-corrected chi connectivity index (χ3v) is 7.14. The number of anilines is 1. The highest BCUT2D eigenvalue weighted by atomic mass is 32.2. The Kier molecular flexibility index (Phi) is 6.87. The van der Waals surface area contributed by atoms with Crippen molar-refractivity contribution in [2.45, 2.75) is 11.1 Å². The highest BCUT2D eigenvalue weighted by Gasteiger charge is 2.27. The maximum absolute atomic E-state index is 12.6. The molecule has 0 bridgehead atoms. The smallest absolute Gasteiger partial charge is 0.250 e. The van der Waals surface area contributed by atoms with Gasteiger partial charge in [-0.1, -0.05) is 6.07 Å². The molecule has 0 spiro atoms. The summed E-state index contributed by atoms with van der Waals surface area (Å²) in [4.78, 5) is 20.7. The van der Waals surface area contributed by atoms with E-state index in [1.54, 1.807) is 33.3 Å². The van der Waals surface area contributed by atoms with Crippen LogP contribution in [-0.4, -0.2) is 74.2 Å². The second kappa shape index (κ2) is 9.37. The van der Waals surface area contributed by atoms with Crippen LogP contribution in [0, 0.1) is 0 Å². The molecule has 1 amide bonds. The van der Waals surface area contributed by atoms with Crippen molar-refractivity contribution in [3.63, 3.8) is 0 Å². The monoisotopic (exact) mass is 439 g/mol. The summed E-state index contributed by atoms with van der Waals surface area (Å²) < 4.78 is 28.8. The standard InChI is InChI=1S/C17H25N7O3S2/c1-3-18-17(19-6-7-21-29(26,27)16-5-4-10-28-16)23-8-9-24(15(25)13-23)14-11-20-22(2)12-14/h4-5,10-12,21H,3,6-9,13H2,1-2H3,(H,18,19). The van der Waals surface area contributed by atoms with Gasteiger partial charge < -0.3 is 15.1 Å². The Hall–Kier alpha value is -2.44. The van der Waals surface area contributed by atoms with E-state index in [0.29, 0.717) is 25.6 Å². The van der Waals surface area contributed by atoms with Gasteiger partial charge in [0, 0.05) is 39.4 Å². The summed E-state index contributed by atoms with van der Waals surface area (Å²) in [6.07, 6.45) is 3.49. The molecule has 158 valence electrons. The van der Waals surface area contributed by atoms with Crippen LogP contribution in [0.4, 0.5) is 5.69 Å². The van der Waals surface area contributed by atoms with Gasteiger partial charge in [0.2, 0.25) is 15.9 Å². The molecular weight excluding hydrogens is 414 g/mol. The Morgan fingerprint density at radius 3 is 2.83 bits per heavy atom. The number of nitrogens with zero attached hydrogens (tertiary/aromatic N) is 5. The van der Waals surface area contributed by atoms with Crippen LogP contribution >= 0.6 is 11.3 Å². The lowest BCUT2D eigenvalue weighted by Crippen LogP contribution is -2.55. The molecule has 0 aromatic carbocycles. The zero-order valence-electron chi connectivity index (χ0n) is 16.4. The van der Waals surface area contributed by atoms with E-state index in [1.165, 1.54) is 11.3 Å². The summed E-state index contributed by atoms with van der Waals surface area (Å²) in [6.45, 7) is 4.39. The first-order chi connectivity index (χ1) is 13.9. The summed E-state index contributed by atoms with van der Waals surface area (Å²) in [6, 6.07) is 3.26. The number of amides is 1. The molecular formula is C17H25N7O3S2. The number of carbonyl (C=O) groups is 1. The minimum Gasteiger partial charge on any atom is -0.357 e. The predicted molar refractivity (Wildman–Crippen MR) is 113 cm³/mol. The van der Waals surface area contributed by atoms with Gasteiger partial charge in [0.25, 0.3) is 0 Å². The number of aliphatic imine (C=N–C) groups is 1. The van der Waals surface area contributed by atoms with E-state index in [4.69, 9.17) is 0 Å². The lowest BCUT2D eigenvalue weighted by molar-refractivity contribution is -0.120. The zero-order chi connectivity index (χ0) is 20.9. The van der Waals surface area contributed by atoms with Gasteiger partial charge in [-0.3, -0.25) is 14.5 Å². The van der Waals surface area contributed by atoms with Crippen molar-refractivity contribution in [2.75, 3.05) is 44.2 Å². The molecule has 3 rings (SSSR count). The normalized spacial score (nSPS) is 15.8. The van der Waals surface area contributed by atoms with Gasteiger partial charge in [0.1, 0.15) is 10.8 Å². The van der Waals surface area contributed by atoms with Gasteiger partial charge in [0.05, 0.1) is 18.4 Å². The average Bonchev–Trinajstić information content (AvgIpc) is 3.36. The molecule has 0 radical (unpaired) electrons. The summed E-state index contributed by atoms with van der Waals surface area (Å²) in [5.41, 5.74) is 0.780. The fourth-order valence-electron chi connectivity index (χ4n) is 2.93. The number of rotatable bonds is 7. The van der Waals surface area contributed by atoms with Crippen molar-refractivity contribution in [3.8, 4) is 0 Å². The van der Waals surface area contributed by atoms with Crippen molar-refractivity contribution >= 4 is 38.9 Å². The number of aromatic nitrogens is 2. The Bertz CT molecular complexity index is 954. The molecule has 0 saturated carbocycles. The maximum Gasteiger partial charge on any atom is 0.250 e. The predicted octanol–water partition coefficient (Wildman–Crippen LogP) is 0.0742. The summed E-state index contributed by atoms with van der Waals surface area (Å²) in [7, 11) is -1.69. The van der Waals surface area contributed by atoms with Crippen LogP contribution in [0.1, 0.15) is 6.92 Å². The van der Waals surface area contributed by atoms with E-state index < -0.39 is 10.0 Å². The molecule has 0 atom stereocenters. The van der Waals surface area contributed by atoms with Crippen molar-refractivity contribution in [3.05, 3.63) is 29.9 Å². The van der Waals surface area contributed by atoms with E-state index in [1.807, 2.05) is 25.1 Å². The molecule has 12 heteroatoms. The Balaban J connectivity index is 1.57. The summed E-state index contributed by atoms with van der Waals surface area (Å²) >= 11 is 1.17.